The lowest BCUT2D eigenvalue weighted by Gasteiger charge is -2.12. The predicted octanol–water partition coefficient (Wildman–Crippen LogP) is 4.04. The van der Waals surface area contributed by atoms with Crippen molar-refractivity contribution in [2.45, 2.75) is 26.9 Å². The average Bonchev–Trinajstić information content (AvgIpc) is 3.10. The molecule has 0 aliphatic heterocycles. The average molecular weight is 392 g/mol. The number of oxazole rings is 1. The van der Waals surface area contributed by atoms with Crippen LogP contribution in [0.15, 0.2) is 59.0 Å². The molecule has 1 aromatic heterocycles. The SMILES string of the molecule is CC(=O)Nc1ccc(C(=O)[C@@H](C)OC(=O)c2nc(-c3ccccc3)oc2C)cc1. The van der Waals surface area contributed by atoms with Crippen molar-refractivity contribution in [2.75, 3.05) is 5.32 Å². The molecule has 1 amide bonds. The van der Waals surface area contributed by atoms with E-state index in [2.05, 4.69) is 10.3 Å². The van der Waals surface area contributed by atoms with Gasteiger partial charge in [-0.25, -0.2) is 9.78 Å². The van der Waals surface area contributed by atoms with Crippen LogP contribution >= 0.6 is 0 Å². The molecule has 0 saturated carbocycles. The van der Waals surface area contributed by atoms with Crippen molar-refractivity contribution < 1.29 is 23.5 Å². The summed E-state index contributed by atoms with van der Waals surface area (Å²) in [5, 5.41) is 2.62. The summed E-state index contributed by atoms with van der Waals surface area (Å²) in [4.78, 5) is 40.3. The number of carbonyl (C=O) groups is 3. The van der Waals surface area contributed by atoms with E-state index in [1.54, 1.807) is 31.2 Å². The summed E-state index contributed by atoms with van der Waals surface area (Å²) >= 11 is 0. The molecule has 0 spiro atoms. The maximum Gasteiger partial charge on any atom is 0.361 e. The maximum absolute atomic E-state index is 12.5. The summed E-state index contributed by atoms with van der Waals surface area (Å²) in [6, 6.07) is 15.5. The van der Waals surface area contributed by atoms with Crippen LogP contribution in [0.25, 0.3) is 11.5 Å². The van der Waals surface area contributed by atoms with E-state index < -0.39 is 12.1 Å². The standard InChI is InChI=1S/C22H20N2O5/c1-13-19(24-21(28-13)17-7-5-4-6-8-17)22(27)29-14(2)20(26)16-9-11-18(12-10-16)23-15(3)25/h4-12,14H,1-3H3,(H,23,25)/t14-/m1/s1. The zero-order valence-electron chi connectivity index (χ0n) is 16.3. The molecule has 7 heteroatoms. The van der Waals surface area contributed by atoms with Gasteiger partial charge in [0.15, 0.2) is 11.8 Å². The fourth-order valence-corrected chi connectivity index (χ4v) is 2.72. The first kappa shape index (κ1) is 20.0. The van der Waals surface area contributed by atoms with Gasteiger partial charge in [-0.1, -0.05) is 18.2 Å². The molecule has 0 aliphatic carbocycles. The highest BCUT2D eigenvalue weighted by Gasteiger charge is 2.25. The van der Waals surface area contributed by atoms with E-state index in [1.165, 1.54) is 13.8 Å². The molecule has 7 nitrogen and oxygen atoms in total. The molecule has 0 fully saturated rings. The number of ether oxygens (including phenoxy) is 1. The topological polar surface area (TPSA) is 98.5 Å². The number of anilines is 1. The number of hydrogen-bond donors (Lipinski definition) is 1. The molecular weight excluding hydrogens is 372 g/mol. The molecule has 0 aliphatic rings. The number of aromatic nitrogens is 1. The van der Waals surface area contributed by atoms with E-state index in [9.17, 15) is 14.4 Å². The lowest BCUT2D eigenvalue weighted by molar-refractivity contribution is -0.114. The lowest BCUT2D eigenvalue weighted by Crippen LogP contribution is -2.25. The highest BCUT2D eigenvalue weighted by Crippen LogP contribution is 2.22. The number of aryl methyl sites for hydroxylation is 1. The summed E-state index contributed by atoms with van der Waals surface area (Å²) in [6.45, 7) is 4.51. The first-order valence-electron chi connectivity index (χ1n) is 9.01. The van der Waals surface area contributed by atoms with Crippen molar-refractivity contribution in [3.63, 3.8) is 0 Å². The van der Waals surface area contributed by atoms with E-state index in [0.717, 1.165) is 5.56 Å². The van der Waals surface area contributed by atoms with Crippen LogP contribution in [0.5, 0.6) is 0 Å². The van der Waals surface area contributed by atoms with Crippen LogP contribution in [0, 0.1) is 6.92 Å². The fourth-order valence-electron chi connectivity index (χ4n) is 2.72. The summed E-state index contributed by atoms with van der Waals surface area (Å²) < 4.78 is 10.9. The van der Waals surface area contributed by atoms with Crippen molar-refractivity contribution >= 4 is 23.3 Å². The molecule has 29 heavy (non-hydrogen) atoms. The highest BCUT2D eigenvalue weighted by molar-refractivity contribution is 6.01. The van der Waals surface area contributed by atoms with Crippen LogP contribution in [0.3, 0.4) is 0 Å². The summed E-state index contributed by atoms with van der Waals surface area (Å²) in [5.41, 5.74) is 1.70. The molecule has 1 atom stereocenters. The number of esters is 1. The number of benzene rings is 2. The number of ketones is 1. The van der Waals surface area contributed by atoms with Gasteiger partial charge in [0.25, 0.3) is 0 Å². The van der Waals surface area contributed by atoms with Gasteiger partial charge in [0, 0.05) is 23.7 Å². The van der Waals surface area contributed by atoms with Gasteiger partial charge in [-0.15, -0.1) is 0 Å². The van der Waals surface area contributed by atoms with Gasteiger partial charge >= 0.3 is 5.97 Å². The molecule has 3 aromatic rings. The number of nitrogens with one attached hydrogen (secondary N) is 1. The Morgan fingerprint density at radius 3 is 2.31 bits per heavy atom. The minimum atomic E-state index is -1.01. The Hall–Kier alpha value is -3.74. The molecule has 0 radical (unpaired) electrons. The zero-order chi connectivity index (χ0) is 21.0. The van der Waals surface area contributed by atoms with Crippen LogP contribution in [0.1, 0.15) is 40.5 Å². The second-order valence-electron chi connectivity index (χ2n) is 6.46. The van der Waals surface area contributed by atoms with Gasteiger partial charge in [-0.05, 0) is 50.2 Å². The Morgan fingerprint density at radius 2 is 1.69 bits per heavy atom. The third-order valence-corrected chi connectivity index (χ3v) is 4.15. The largest absolute Gasteiger partial charge is 0.449 e. The minimum absolute atomic E-state index is 0.0320. The summed E-state index contributed by atoms with van der Waals surface area (Å²) in [5.74, 6) is -0.679. The number of Topliss-reactive ketones (excluding diaryl/α,β-unsaturated/α-hetero) is 1. The molecule has 1 heterocycles. The van der Waals surface area contributed by atoms with E-state index in [0.29, 0.717) is 22.9 Å². The van der Waals surface area contributed by atoms with Crippen molar-refractivity contribution in [1.82, 2.24) is 4.98 Å². The molecule has 0 saturated heterocycles. The van der Waals surface area contributed by atoms with Crippen molar-refractivity contribution in [1.29, 1.82) is 0 Å². The van der Waals surface area contributed by atoms with E-state index in [-0.39, 0.29) is 17.4 Å². The van der Waals surface area contributed by atoms with Crippen molar-refractivity contribution in [3.05, 3.63) is 71.6 Å². The minimum Gasteiger partial charge on any atom is -0.449 e. The quantitative estimate of drug-likeness (QED) is 0.502. The van der Waals surface area contributed by atoms with Crippen LogP contribution in [0.2, 0.25) is 0 Å². The molecule has 0 unspecified atom stereocenters. The lowest BCUT2D eigenvalue weighted by atomic mass is 10.1. The molecule has 148 valence electrons. The smallest absolute Gasteiger partial charge is 0.361 e. The number of amides is 1. The highest BCUT2D eigenvalue weighted by atomic mass is 16.5. The molecular formula is C22H20N2O5. The monoisotopic (exact) mass is 392 g/mol. The molecule has 1 N–H and O–H groups in total. The predicted molar refractivity (Wildman–Crippen MR) is 107 cm³/mol. The van der Waals surface area contributed by atoms with Crippen molar-refractivity contribution in [3.8, 4) is 11.5 Å². The summed E-state index contributed by atoms with van der Waals surface area (Å²) in [6.07, 6.45) is -1.01. The van der Waals surface area contributed by atoms with Crippen LogP contribution in [-0.4, -0.2) is 28.7 Å². The van der Waals surface area contributed by atoms with Gasteiger partial charge in [0.05, 0.1) is 0 Å². The van der Waals surface area contributed by atoms with Gasteiger partial charge in [0.2, 0.25) is 17.6 Å². The van der Waals surface area contributed by atoms with Gasteiger partial charge in [-0.2, -0.15) is 0 Å². The fraction of sp³-hybridized carbons (Fsp3) is 0.182. The van der Waals surface area contributed by atoms with Gasteiger partial charge in [-0.3, -0.25) is 9.59 Å². The molecule has 0 bridgehead atoms. The first-order valence-corrected chi connectivity index (χ1v) is 9.01. The van der Waals surface area contributed by atoms with Crippen LogP contribution < -0.4 is 5.32 Å². The maximum atomic E-state index is 12.5. The number of carbonyl (C=O) groups excluding carboxylic acids is 3. The van der Waals surface area contributed by atoms with Gasteiger partial charge in [0.1, 0.15) is 5.76 Å². The third kappa shape index (κ3) is 4.76. The van der Waals surface area contributed by atoms with Crippen LogP contribution in [-0.2, 0) is 9.53 Å². The molecule has 2 aromatic carbocycles. The second-order valence-corrected chi connectivity index (χ2v) is 6.46. The van der Waals surface area contributed by atoms with E-state index >= 15 is 0 Å². The van der Waals surface area contributed by atoms with Crippen molar-refractivity contribution in [2.24, 2.45) is 0 Å². The van der Waals surface area contributed by atoms with Gasteiger partial charge < -0.3 is 14.5 Å². The number of hydrogen-bond acceptors (Lipinski definition) is 6. The normalized spacial score (nSPS) is 11.6. The summed E-state index contributed by atoms with van der Waals surface area (Å²) in [7, 11) is 0. The van der Waals surface area contributed by atoms with Crippen LogP contribution in [0.4, 0.5) is 5.69 Å². The Morgan fingerprint density at radius 1 is 1.03 bits per heavy atom. The first-order chi connectivity index (χ1) is 13.8. The Kier molecular flexibility index (Phi) is 5.87. The second kappa shape index (κ2) is 8.52. The zero-order valence-corrected chi connectivity index (χ0v) is 16.3. The Bertz CT molecular complexity index is 1040. The third-order valence-electron chi connectivity index (χ3n) is 4.15. The van der Waals surface area contributed by atoms with E-state index in [4.69, 9.17) is 9.15 Å². The number of rotatable bonds is 6. The number of nitrogens with zero attached hydrogens (tertiary/aromatic N) is 1. The van der Waals surface area contributed by atoms with E-state index in [1.807, 2.05) is 30.3 Å². The Balaban J connectivity index is 1.69. The molecule has 3 rings (SSSR count). The Labute approximate surface area is 167 Å².